The predicted molar refractivity (Wildman–Crippen MR) is 400 cm³/mol. The molecule has 0 saturated carbocycles. The summed E-state index contributed by atoms with van der Waals surface area (Å²) in [4.78, 5) is 72.8. The van der Waals surface area contributed by atoms with Crippen LogP contribution >= 0.6 is 15.6 Å². The highest BCUT2D eigenvalue weighted by atomic mass is 31.2. The van der Waals surface area contributed by atoms with Crippen molar-refractivity contribution >= 4 is 39.5 Å². The van der Waals surface area contributed by atoms with Gasteiger partial charge in [-0.25, -0.2) is 9.13 Å². The van der Waals surface area contributed by atoms with Gasteiger partial charge in [0.2, 0.25) is 0 Å². The van der Waals surface area contributed by atoms with Crippen LogP contribution in [0.4, 0.5) is 0 Å². The number of phosphoric ester groups is 2. The zero-order valence-electron chi connectivity index (χ0n) is 64.3. The van der Waals surface area contributed by atoms with Crippen LogP contribution < -0.4 is 0 Å². The Labute approximate surface area is 600 Å². The lowest BCUT2D eigenvalue weighted by Gasteiger charge is -2.21. The van der Waals surface area contributed by atoms with E-state index in [1.807, 2.05) is 0 Å². The van der Waals surface area contributed by atoms with Crippen LogP contribution in [0.5, 0.6) is 0 Å². The molecule has 0 bridgehead atoms. The van der Waals surface area contributed by atoms with E-state index < -0.39 is 97.5 Å². The number of aliphatic hydroxyl groups is 1. The second-order valence-electron chi connectivity index (χ2n) is 29.6. The number of unbranched alkanes of at least 4 members (excludes halogenated alkanes) is 44. The van der Waals surface area contributed by atoms with Crippen LogP contribution in [0.1, 0.15) is 408 Å². The third kappa shape index (κ3) is 71.1. The highest BCUT2D eigenvalue weighted by molar-refractivity contribution is 7.47. The molecule has 0 aromatic carbocycles. The van der Waals surface area contributed by atoms with Gasteiger partial charge in [0.25, 0.3) is 0 Å². The fourth-order valence-electron chi connectivity index (χ4n) is 12.1. The zero-order chi connectivity index (χ0) is 72.3. The Bertz CT molecular complexity index is 1910. The molecular weight excluding hydrogens is 1280 g/mol. The molecule has 6 atom stereocenters. The van der Waals surface area contributed by atoms with Crippen molar-refractivity contribution in [2.24, 2.45) is 17.8 Å². The van der Waals surface area contributed by atoms with Gasteiger partial charge in [-0.2, -0.15) is 0 Å². The molecule has 0 heterocycles. The molecule has 0 aromatic rings. The first-order valence-electron chi connectivity index (χ1n) is 40.9. The van der Waals surface area contributed by atoms with Crippen LogP contribution in [0, 0.1) is 17.8 Å². The average Bonchev–Trinajstić information content (AvgIpc) is 1.35. The lowest BCUT2D eigenvalue weighted by Crippen LogP contribution is -2.30. The van der Waals surface area contributed by atoms with E-state index in [1.54, 1.807) is 0 Å². The minimum absolute atomic E-state index is 0.101. The van der Waals surface area contributed by atoms with Crippen molar-refractivity contribution in [2.75, 3.05) is 39.6 Å². The quantitative estimate of drug-likeness (QED) is 0.0222. The molecule has 0 aliphatic heterocycles. The van der Waals surface area contributed by atoms with Gasteiger partial charge in [0.1, 0.15) is 19.3 Å². The van der Waals surface area contributed by atoms with Crippen molar-refractivity contribution in [1.29, 1.82) is 0 Å². The van der Waals surface area contributed by atoms with E-state index in [0.717, 1.165) is 102 Å². The largest absolute Gasteiger partial charge is 0.472 e. The van der Waals surface area contributed by atoms with E-state index in [1.165, 1.54) is 212 Å². The van der Waals surface area contributed by atoms with Crippen molar-refractivity contribution < 1.29 is 80.2 Å². The second-order valence-corrected chi connectivity index (χ2v) is 32.6. The molecule has 0 spiro atoms. The first-order valence-corrected chi connectivity index (χ1v) is 43.9. The Balaban J connectivity index is 5.16. The van der Waals surface area contributed by atoms with Crippen molar-refractivity contribution in [3.05, 3.63) is 0 Å². The Hall–Kier alpha value is -1.94. The monoisotopic (exact) mass is 1440 g/mol. The minimum atomic E-state index is -4.96. The maximum absolute atomic E-state index is 13.1. The number of esters is 4. The van der Waals surface area contributed by atoms with Gasteiger partial charge in [-0.1, -0.05) is 357 Å². The molecule has 0 aromatic heterocycles. The molecule has 0 saturated heterocycles. The highest BCUT2D eigenvalue weighted by Crippen LogP contribution is 2.45. The lowest BCUT2D eigenvalue weighted by molar-refractivity contribution is -0.161. The molecule has 0 amide bonds. The van der Waals surface area contributed by atoms with Gasteiger partial charge in [-0.3, -0.25) is 37.3 Å². The number of ether oxygens (including phenoxy) is 4. The first-order chi connectivity index (χ1) is 47.3. The zero-order valence-corrected chi connectivity index (χ0v) is 66.0. The number of hydrogen-bond acceptors (Lipinski definition) is 15. The molecule has 17 nitrogen and oxygen atoms in total. The summed E-state index contributed by atoms with van der Waals surface area (Å²) < 4.78 is 68.5. The van der Waals surface area contributed by atoms with E-state index in [2.05, 4.69) is 48.5 Å². The highest BCUT2D eigenvalue weighted by Gasteiger charge is 2.30. The third-order valence-electron chi connectivity index (χ3n) is 18.7. The smallest absolute Gasteiger partial charge is 0.462 e. The van der Waals surface area contributed by atoms with E-state index in [9.17, 15) is 43.2 Å². The minimum Gasteiger partial charge on any atom is -0.462 e. The molecule has 0 aliphatic rings. The van der Waals surface area contributed by atoms with E-state index >= 15 is 0 Å². The van der Waals surface area contributed by atoms with Crippen LogP contribution in [-0.2, 0) is 65.4 Å². The van der Waals surface area contributed by atoms with Crippen molar-refractivity contribution in [1.82, 2.24) is 0 Å². The van der Waals surface area contributed by atoms with Crippen LogP contribution in [0.15, 0.2) is 0 Å². The number of phosphoric acid groups is 2. The van der Waals surface area contributed by atoms with Gasteiger partial charge >= 0.3 is 39.5 Å². The fourth-order valence-corrected chi connectivity index (χ4v) is 13.7. The molecule has 0 aliphatic carbocycles. The Morgan fingerprint density at radius 2 is 0.520 bits per heavy atom. The Kier molecular flexibility index (Phi) is 68.1. The molecule has 0 rings (SSSR count). The maximum atomic E-state index is 13.1. The van der Waals surface area contributed by atoms with E-state index in [-0.39, 0.29) is 25.7 Å². The lowest BCUT2D eigenvalue weighted by atomic mass is 9.99. The normalized spacial score (nSPS) is 14.3. The van der Waals surface area contributed by atoms with Gasteiger partial charge in [-0.05, 0) is 43.4 Å². The Morgan fingerprint density at radius 3 is 0.776 bits per heavy atom. The van der Waals surface area contributed by atoms with Gasteiger partial charge in [0.05, 0.1) is 26.4 Å². The van der Waals surface area contributed by atoms with Gasteiger partial charge < -0.3 is 33.8 Å². The average molecular weight is 1440 g/mol. The summed E-state index contributed by atoms with van der Waals surface area (Å²) in [7, 11) is -9.91. The second kappa shape index (κ2) is 69.4. The molecular formula is C79H154O17P2. The van der Waals surface area contributed by atoms with Crippen LogP contribution in [0.25, 0.3) is 0 Å². The summed E-state index contributed by atoms with van der Waals surface area (Å²) in [5.41, 5.74) is 0. The van der Waals surface area contributed by atoms with Crippen LogP contribution in [0.3, 0.4) is 0 Å². The number of carbonyl (C=O) groups excluding carboxylic acids is 4. The Morgan fingerprint density at radius 1 is 0.296 bits per heavy atom. The van der Waals surface area contributed by atoms with Crippen molar-refractivity contribution in [2.45, 2.75) is 426 Å². The fraction of sp³-hybridized carbons (Fsp3) is 0.949. The summed E-state index contributed by atoms with van der Waals surface area (Å²) in [6.07, 6.45) is 57.4. The molecule has 3 N–H and O–H groups in total. The number of hydrogen-bond donors (Lipinski definition) is 3. The standard InChI is InChI=1S/C79H154O17P2/c1-8-10-11-12-13-14-15-16-17-18-22-25-28-31-34-37-46-53-60-76(81)89-66-74(95-78(83)62-55-48-38-35-32-29-26-23-20-19-21-24-27-30-33-36-45-52-59-72(7)9-2)68-93-97(85,86)91-64-73(80)65-92-98(87,88)94-69-75(96-79(84)63-56-49-42-40-44-51-58-71(5)6)67-90-77(82)61-54-47-41-39-43-50-57-70(3)4/h70-75,80H,8-69H2,1-7H3,(H,85,86)(H,87,88)/t72?,73-,74-,75-/m1/s1. The maximum Gasteiger partial charge on any atom is 0.472 e. The number of aliphatic hydroxyl groups excluding tert-OH is 1. The number of rotatable bonds is 77. The molecule has 98 heavy (non-hydrogen) atoms. The molecule has 3 unspecified atom stereocenters. The van der Waals surface area contributed by atoms with Crippen LogP contribution in [0.2, 0.25) is 0 Å². The summed E-state index contributed by atoms with van der Waals surface area (Å²) in [5.74, 6) is 0.0975. The van der Waals surface area contributed by atoms with Gasteiger partial charge in [0, 0.05) is 25.7 Å². The van der Waals surface area contributed by atoms with Crippen LogP contribution in [-0.4, -0.2) is 96.7 Å². The topological polar surface area (TPSA) is 237 Å². The van der Waals surface area contributed by atoms with E-state index in [0.29, 0.717) is 37.5 Å². The van der Waals surface area contributed by atoms with Crippen molar-refractivity contribution in [3.8, 4) is 0 Å². The van der Waals surface area contributed by atoms with Crippen molar-refractivity contribution in [3.63, 3.8) is 0 Å². The third-order valence-corrected chi connectivity index (χ3v) is 20.6. The van der Waals surface area contributed by atoms with E-state index in [4.69, 9.17) is 37.0 Å². The SMILES string of the molecule is CCCCCCCCCCCCCCCCCCCCC(=O)OC[C@H](COP(=O)(O)OC[C@@H](O)COP(=O)(O)OC[C@@H](COC(=O)CCCCCCCCC(C)C)OC(=O)CCCCCCCCC(C)C)OC(=O)CCCCCCCCCCCCCCCCCCCCC(C)CC. The van der Waals surface area contributed by atoms with Gasteiger partial charge in [0.15, 0.2) is 12.2 Å². The molecule has 582 valence electrons. The molecule has 0 radical (unpaired) electrons. The predicted octanol–water partition coefficient (Wildman–Crippen LogP) is 23.4. The molecule has 19 heteroatoms. The first kappa shape index (κ1) is 96.1. The summed E-state index contributed by atoms with van der Waals surface area (Å²) in [6.45, 7) is 11.8. The summed E-state index contributed by atoms with van der Waals surface area (Å²) in [6, 6.07) is 0. The van der Waals surface area contributed by atoms with Gasteiger partial charge in [-0.15, -0.1) is 0 Å². The summed E-state index contributed by atoms with van der Waals surface area (Å²) >= 11 is 0. The number of carbonyl (C=O) groups is 4. The summed E-state index contributed by atoms with van der Waals surface area (Å²) in [5, 5.41) is 10.6. The molecule has 0 fully saturated rings.